The van der Waals surface area contributed by atoms with Crippen molar-refractivity contribution in [2.45, 2.75) is 6.42 Å². The van der Waals surface area contributed by atoms with Crippen LogP contribution in [0.2, 0.25) is 0 Å². The Balaban J connectivity index is 2.35. The van der Waals surface area contributed by atoms with Crippen LogP contribution in [-0.2, 0) is 6.42 Å². The van der Waals surface area contributed by atoms with Crippen molar-refractivity contribution < 1.29 is 0 Å². The second kappa shape index (κ2) is 4.38. The van der Waals surface area contributed by atoms with Crippen molar-refractivity contribution in [3.05, 3.63) is 53.6 Å². The van der Waals surface area contributed by atoms with E-state index in [1.54, 1.807) is 17.1 Å². The van der Waals surface area contributed by atoms with Crippen molar-refractivity contribution in [1.29, 1.82) is 0 Å². The highest BCUT2D eigenvalue weighted by molar-refractivity contribution is 5.40. The molecule has 1 aromatic carbocycles. The minimum Gasteiger partial charge on any atom is -0.317 e. The molecule has 0 aliphatic rings. The largest absolute Gasteiger partial charge is 0.317 e. The van der Waals surface area contributed by atoms with Gasteiger partial charge in [0.25, 0.3) is 0 Å². The average Bonchev–Trinajstić information content (AvgIpc) is 2.80. The van der Waals surface area contributed by atoms with Crippen molar-refractivity contribution in [1.82, 2.24) is 15.0 Å². The van der Waals surface area contributed by atoms with Gasteiger partial charge in [0.2, 0.25) is 6.54 Å². The van der Waals surface area contributed by atoms with Gasteiger partial charge in [-0.2, -0.15) is 0 Å². The van der Waals surface area contributed by atoms with E-state index < -0.39 is 0 Å². The Morgan fingerprint density at radius 3 is 2.93 bits per heavy atom. The fourth-order valence-corrected chi connectivity index (χ4v) is 1.46. The van der Waals surface area contributed by atoms with Gasteiger partial charge in [-0.15, -0.1) is 5.10 Å². The van der Waals surface area contributed by atoms with Crippen LogP contribution in [0.5, 0.6) is 0 Å². The first-order valence-electron chi connectivity index (χ1n) is 4.69. The molecule has 0 bridgehead atoms. The third-order valence-corrected chi connectivity index (χ3v) is 2.15. The van der Waals surface area contributed by atoms with E-state index in [2.05, 4.69) is 15.2 Å². The number of aromatic nitrogens is 3. The van der Waals surface area contributed by atoms with E-state index in [0.29, 0.717) is 6.54 Å². The first-order valence-corrected chi connectivity index (χ1v) is 4.69. The molecule has 0 unspecified atom stereocenters. The predicted molar refractivity (Wildman–Crippen MR) is 56.5 cm³/mol. The van der Waals surface area contributed by atoms with Crippen molar-refractivity contribution >= 4 is 0 Å². The number of hydrogen-bond acceptors (Lipinski definition) is 2. The molecule has 1 aromatic heterocycles. The van der Waals surface area contributed by atoms with Gasteiger partial charge in [0.05, 0.1) is 18.1 Å². The monoisotopic (exact) mass is 198 g/mol. The summed E-state index contributed by atoms with van der Waals surface area (Å²) in [6.07, 6.45) is 4.20. The van der Waals surface area contributed by atoms with E-state index in [-0.39, 0.29) is 0 Å². The Bertz CT molecular complexity index is 468. The summed E-state index contributed by atoms with van der Waals surface area (Å²) in [5, 5.41) is 7.72. The molecule has 4 nitrogen and oxygen atoms in total. The highest BCUT2D eigenvalue weighted by Gasteiger charge is 2.04. The Morgan fingerprint density at radius 1 is 1.33 bits per heavy atom. The van der Waals surface area contributed by atoms with Crippen LogP contribution in [-0.4, -0.2) is 21.5 Å². The third kappa shape index (κ3) is 2.02. The zero-order valence-corrected chi connectivity index (χ0v) is 8.17. The van der Waals surface area contributed by atoms with Gasteiger partial charge in [-0.05, 0) is 11.6 Å². The van der Waals surface area contributed by atoms with E-state index in [1.807, 2.05) is 24.3 Å². The molecule has 0 aliphatic heterocycles. The normalized spacial score (nSPS) is 9.80. The van der Waals surface area contributed by atoms with Crippen LogP contribution in [0.4, 0.5) is 0 Å². The average molecular weight is 198 g/mol. The maximum atomic E-state index is 6.79. The lowest BCUT2D eigenvalue weighted by Crippen LogP contribution is -2.01. The summed E-state index contributed by atoms with van der Waals surface area (Å²) in [5.74, 6) is 0. The molecule has 0 spiro atoms. The first kappa shape index (κ1) is 9.41. The highest BCUT2D eigenvalue weighted by Crippen LogP contribution is 2.13. The summed E-state index contributed by atoms with van der Waals surface area (Å²) < 4.78 is 1.72. The van der Waals surface area contributed by atoms with Crippen LogP contribution in [0.1, 0.15) is 5.56 Å². The molecular formula is C11H10N4. The first-order chi connectivity index (χ1) is 7.42. The number of benzene rings is 1. The van der Waals surface area contributed by atoms with Crippen molar-refractivity contribution in [2.75, 3.05) is 6.54 Å². The van der Waals surface area contributed by atoms with Crippen LogP contribution in [0.3, 0.4) is 0 Å². The van der Waals surface area contributed by atoms with Crippen molar-refractivity contribution in [3.63, 3.8) is 0 Å². The van der Waals surface area contributed by atoms with E-state index in [9.17, 15) is 0 Å². The van der Waals surface area contributed by atoms with Crippen LogP contribution in [0, 0.1) is 6.57 Å². The predicted octanol–water partition coefficient (Wildman–Crippen LogP) is 1.73. The summed E-state index contributed by atoms with van der Waals surface area (Å²) in [6.45, 7) is 7.29. The molecule has 0 saturated heterocycles. The summed E-state index contributed by atoms with van der Waals surface area (Å²) in [5.41, 5.74) is 2.12. The van der Waals surface area contributed by atoms with E-state index in [0.717, 1.165) is 17.7 Å². The molecule has 0 aliphatic carbocycles. The van der Waals surface area contributed by atoms with Gasteiger partial charge < -0.3 is 4.85 Å². The van der Waals surface area contributed by atoms with Crippen molar-refractivity contribution in [3.8, 4) is 5.69 Å². The molecule has 74 valence electrons. The van der Waals surface area contributed by atoms with Gasteiger partial charge in [-0.25, -0.2) is 11.3 Å². The fourth-order valence-electron chi connectivity index (χ4n) is 1.46. The van der Waals surface area contributed by atoms with Crippen LogP contribution in [0.25, 0.3) is 10.5 Å². The number of rotatable bonds is 3. The van der Waals surface area contributed by atoms with Gasteiger partial charge in [0, 0.05) is 6.42 Å². The molecule has 0 saturated carbocycles. The van der Waals surface area contributed by atoms with Gasteiger partial charge in [-0.1, -0.05) is 23.4 Å². The molecule has 0 N–H and O–H groups in total. The number of hydrogen-bond donors (Lipinski definition) is 0. The Kier molecular flexibility index (Phi) is 2.75. The van der Waals surface area contributed by atoms with Crippen LogP contribution < -0.4 is 0 Å². The summed E-state index contributed by atoms with van der Waals surface area (Å²) in [4.78, 5) is 3.36. The Hall–Kier alpha value is -2.15. The lowest BCUT2D eigenvalue weighted by molar-refractivity contribution is 0.792. The zero-order valence-electron chi connectivity index (χ0n) is 8.17. The van der Waals surface area contributed by atoms with E-state index in [4.69, 9.17) is 6.57 Å². The minimum atomic E-state index is 0.506. The van der Waals surface area contributed by atoms with E-state index >= 15 is 0 Å². The summed E-state index contributed by atoms with van der Waals surface area (Å²) in [7, 11) is 0. The highest BCUT2D eigenvalue weighted by atomic mass is 15.4. The molecule has 4 heteroatoms. The van der Waals surface area contributed by atoms with Crippen molar-refractivity contribution in [2.24, 2.45) is 0 Å². The maximum Gasteiger partial charge on any atom is 0.218 e. The SMILES string of the molecule is [C-]#[N+]CCc1ccccc1-n1ccnn1. The molecule has 0 atom stereocenters. The molecule has 2 rings (SSSR count). The molecule has 0 fully saturated rings. The number of nitrogens with zero attached hydrogens (tertiary/aromatic N) is 4. The summed E-state index contributed by atoms with van der Waals surface area (Å²) in [6, 6.07) is 7.92. The van der Waals surface area contributed by atoms with Gasteiger partial charge in [0.15, 0.2) is 0 Å². The van der Waals surface area contributed by atoms with Gasteiger partial charge in [0.1, 0.15) is 0 Å². The molecule has 0 amide bonds. The Labute approximate surface area is 88.0 Å². The minimum absolute atomic E-state index is 0.506. The third-order valence-electron chi connectivity index (χ3n) is 2.15. The molecule has 1 heterocycles. The lowest BCUT2D eigenvalue weighted by Gasteiger charge is -2.05. The standard InChI is InChI=1S/C11H10N4/c1-12-7-6-10-4-2-3-5-11(10)15-9-8-13-14-15/h2-5,8-9H,6-7H2. The molecule has 15 heavy (non-hydrogen) atoms. The molecule has 0 radical (unpaired) electrons. The second-order valence-corrected chi connectivity index (χ2v) is 3.11. The topological polar surface area (TPSA) is 35.1 Å². The van der Waals surface area contributed by atoms with Gasteiger partial charge in [-0.3, -0.25) is 0 Å². The van der Waals surface area contributed by atoms with Crippen LogP contribution >= 0.6 is 0 Å². The summed E-state index contributed by atoms with van der Waals surface area (Å²) >= 11 is 0. The second-order valence-electron chi connectivity index (χ2n) is 3.11. The number of para-hydroxylation sites is 1. The molecular weight excluding hydrogens is 188 g/mol. The lowest BCUT2D eigenvalue weighted by atomic mass is 10.1. The fraction of sp³-hybridized carbons (Fsp3) is 0.182. The Morgan fingerprint density at radius 2 is 2.20 bits per heavy atom. The van der Waals surface area contributed by atoms with Gasteiger partial charge >= 0.3 is 0 Å². The maximum absolute atomic E-state index is 6.79. The zero-order chi connectivity index (χ0) is 10.5. The molecule has 2 aromatic rings. The van der Waals surface area contributed by atoms with Crippen LogP contribution in [0.15, 0.2) is 36.7 Å². The smallest absolute Gasteiger partial charge is 0.218 e. The van der Waals surface area contributed by atoms with E-state index in [1.165, 1.54) is 0 Å². The quantitative estimate of drug-likeness (QED) is 0.704.